The summed E-state index contributed by atoms with van der Waals surface area (Å²) in [5.41, 5.74) is 4.08. The van der Waals surface area contributed by atoms with Gasteiger partial charge >= 0.3 is 0 Å². The Morgan fingerprint density at radius 2 is 1.88 bits per heavy atom. The third-order valence-corrected chi connectivity index (χ3v) is 4.92. The van der Waals surface area contributed by atoms with E-state index in [9.17, 15) is 9.59 Å². The minimum Gasteiger partial charge on any atom is -0.377 e. The standard InChI is InChI=1S/C21H15NO2/c1-3-4-9-17-12(2)13-10-11-16-18(19(13)22-17)21(24)15-8-6-5-7-14(15)20(16)23/h1,4-11,13,19,22H,2H3/b9-4-. The number of Topliss-reactive ketones (excluding diaryl/α,β-unsaturated/α-hetero) is 2. The maximum atomic E-state index is 13.0. The van der Waals surface area contributed by atoms with E-state index in [4.69, 9.17) is 6.42 Å². The highest BCUT2D eigenvalue weighted by Crippen LogP contribution is 2.40. The quantitative estimate of drug-likeness (QED) is 0.811. The van der Waals surface area contributed by atoms with Crippen molar-refractivity contribution in [1.29, 1.82) is 0 Å². The Hall–Kier alpha value is -3.12. The zero-order valence-corrected chi connectivity index (χ0v) is 13.2. The lowest BCUT2D eigenvalue weighted by Crippen LogP contribution is -2.39. The predicted molar refractivity (Wildman–Crippen MR) is 92.4 cm³/mol. The normalized spacial score (nSPS) is 24.7. The molecular weight excluding hydrogens is 298 g/mol. The number of carbonyl (C=O) groups excluding carboxylic acids is 2. The molecule has 0 aromatic heterocycles. The van der Waals surface area contributed by atoms with Crippen molar-refractivity contribution < 1.29 is 9.59 Å². The first-order valence-electron chi connectivity index (χ1n) is 7.84. The minimum atomic E-state index is -0.216. The number of ketones is 2. The molecule has 2 atom stereocenters. The van der Waals surface area contributed by atoms with Gasteiger partial charge in [0.15, 0.2) is 11.6 Å². The lowest BCUT2D eigenvalue weighted by Gasteiger charge is -2.30. The van der Waals surface area contributed by atoms with Crippen molar-refractivity contribution in [3.63, 3.8) is 0 Å². The molecule has 2 unspecified atom stereocenters. The van der Waals surface area contributed by atoms with Crippen LogP contribution in [0.5, 0.6) is 0 Å². The zero-order chi connectivity index (χ0) is 16.8. The minimum absolute atomic E-state index is 0.0585. The van der Waals surface area contributed by atoms with Gasteiger partial charge in [0.1, 0.15) is 0 Å². The van der Waals surface area contributed by atoms with Crippen LogP contribution in [0, 0.1) is 18.3 Å². The lowest BCUT2D eigenvalue weighted by molar-refractivity contribution is 0.0969. The number of allylic oxidation sites excluding steroid dienone is 4. The van der Waals surface area contributed by atoms with Gasteiger partial charge in [0.25, 0.3) is 0 Å². The van der Waals surface area contributed by atoms with Gasteiger partial charge in [-0.3, -0.25) is 9.59 Å². The molecule has 1 N–H and O–H groups in total. The van der Waals surface area contributed by atoms with E-state index in [2.05, 4.69) is 11.2 Å². The fourth-order valence-electron chi connectivity index (χ4n) is 3.71. The molecule has 116 valence electrons. The van der Waals surface area contributed by atoms with E-state index in [1.165, 1.54) is 0 Å². The topological polar surface area (TPSA) is 46.2 Å². The van der Waals surface area contributed by atoms with Crippen LogP contribution in [0.3, 0.4) is 0 Å². The van der Waals surface area contributed by atoms with E-state index < -0.39 is 0 Å². The van der Waals surface area contributed by atoms with Gasteiger partial charge in [-0.05, 0) is 24.6 Å². The number of hydrogen-bond donors (Lipinski definition) is 1. The summed E-state index contributed by atoms with van der Waals surface area (Å²) in [6.45, 7) is 2.02. The van der Waals surface area contributed by atoms with Crippen molar-refractivity contribution in [3.8, 4) is 12.3 Å². The highest BCUT2D eigenvalue weighted by molar-refractivity contribution is 6.28. The van der Waals surface area contributed by atoms with E-state index in [0.717, 1.165) is 11.3 Å². The third kappa shape index (κ3) is 1.87. The summed E-state index contributed by atoms with van der Waals surface area (Å²) in [6, 6.07) is 6.80. The molecule has 1 heterocycles. The summed E-state index contributed by atoms with van der Waals surface area (Å²) < 4.78 is 0. The van der Waals surface area contributed by atoms with E-state index >= 15 is 0 Å². The SMILES string of the molecule is C#C/C=C\C1=C(C)C2C=CC3=C(C(=O)c4ccccc4C3=O)C2N1. The van der Waals surface area contributed by atoms with E-state index in [1.807, 2.05) is 19.1 Å². The first-order valence-corrected chi connectivity index (χ1v) is 7.84. The summed E-state index contributed by atoms with van der Waals surface area (Å²) >= 11 is 0. The zero-order valence-electron chi connectivity index (χ0n) is 13.2. The molecule has 1 aromatic rings. The van der Waals surface area contributed by atoms with E-state index in [-0.39, 0.29) is 23.5 Å². The molecule has 3 nitrogen and oxygen atoms in total. The van der Waals surface area contributed by atoms with Crippen molar-refractivity contribution in [3.05, 3.63) is 82.1 Å². The Bertz CT molecular complexity index is 950. The summed E-state index contributed by atoms with van der Waals surface area (Å²) in [7, 11) is 0. The molecule has 0 fully saturated rings. The van der Waals surface area contributed by atoms with Gasteiger partial charge in [-0.25, -0.2) is 0 Å². The van der Waals surface area contributed by atoms with Crippen LogP contribution in [0.2, 0.25) is 0 Å². The van der Waals surface area contributed by atoms with Gasteiger partial charge in [0, 0.05) is 33.9 Å². The molecule has 0 spiro atoms. The average Bonchev–Trinajstić information content (AvgIpc) is 2.93. The molecule has 1 aromatic carbocycles. The Balaban J connectivity index is 1.81. The van der Waals surface area contributed by atoms with Crippen LogP contribution < -0.4 is 5.32 Å². The molecule has 0 saturated carbocycles. The monoisotopic (exact) mass is 313 g/mol. The van der Waals surface area contributed by atoms with Crippen molar-refractivity contribution in [2.24, 2.45) is 5.92 Å². The molecule has 0 bridgehead atoms. The van der Waals surface area contributed by atoms with Crippen LogP contribution in [0.15, 0.2) is 71.0 Å². The number of terminal acetylenes is 1. The fraction of sp³-hybridized carbons (Fsp3) is 0.143. The van der Waals surface area contributed by atoms with Gasteiger partial charge in [-0.2, -0.15) is 0 Å². The van der Waals surface area contributed by atoms with Crippen molar-refractivity contribution in [1.82, 2.24) is 5.32 Å². The molecule has 24 heavy (non-hydrogen) atoms. The molecule has 0 amide bonds. The summed E-state index contributed by atoms with van der Waals surface area (Å²) in [5, 5.41) is 3.37. The molecule has 3 aliphatic rings. The Kier molecular flexibility index (Phi) is 3.14. The van der Waals surface area contributed by atoms with Crippen LogP contribution in [-0.4, -0.2) is 17.6 Å². The predicted octanol–water partition coefficient (Wildman–Crippen LogP) is 2.98. The van der Waals surface area contributed by atoms with Crippen LogP contribution in [-0.2, 0) is 0 Å². The summed E-state index contributed by atoms with van der Waals surface area (Å²) in [5.74, 6) is 2.39. The van der Waals surface area contributed by atoms with Crippen LogP contribution in [0.1, 0.15) is 27.6 Å². The Morgan fingerprint density at radius 3 is 2.58 bits per heavy atom. The number of benzene rings is 1. The van der Waals surface area contributed by atoms with Gasteiger partial charge in [0.05, 0.1) is 6.04 Å². The third-order valence-electron chi connectivity index (χ3n) is 4.92. The molecule has 4 rings (SSSR count). The highest BCUT2D eigenvalue weighted by atomic mass is 16.1. The number of carbonyl (C=O) groups is 2. The van der Waals surface area contributed by atoms with Crippen LogP contribution in [0.25, 0.3) is 0 Å². The smallest absolute Gasteiger partial charge is 0.194 e. The van der Waals surface area contributed by atoms with E-state index in [0.29, 0.717) is 22.3 Å². The molecule has 0 saturated heterocycles. The number of rotatable bonds is 1. The average molecular weight is 313 g/mol. The van der Waals surface area contributed by atoms with Gasteiger partial charge < -0.3 is 5.32 Å². The van der Waals surface area contributed by atoms with Crippen molar-refractivity contribution >= 4 is 11.6 Å². The van der Waals surface area contributed by atoms with Crippen molar-refractivity contribution in [2.75, 3.05) is 0 Å². The first-order chi connectivity index (χ1) is 11.6. The molecule has 3 heteroatoms. The van der Waals surface area contributed by atoms with Gasteiger partial charge in [0.2, 0.25) is 0 Å². The molecule has 2 aliphatic carbocycles. The van der Waals surface area contributed by atoms with E-state index in [1.54, 1.807) is 36.4 Å². The Labute approximate surface area is 140 Å². The molecule has 1 aliphatic heterocycles. The summed E-state index contributed by atoms with van der Waals surface area (Å²) in [4.78, 5) is 25.8. The maximum Gasteiger partial charge on any atom is 0.194 e. The second kappa shape index (κ2) is 5.21. The van der Waals surface area contributed by atoms with Crippen LogP contribution in [0.4, 0.5) is 0 Å². The second-order valence-corrected chi connectivity index (χ2v) is 6.13. The highest BCUT2D eigenvalue weighted by Gasteiger charge is 2.43. The fourth-order valence-corrected chi connectivity index (χ4v) is 3.71. The van der Waals surface area contributed by atoms with Gasteiger partial charge in [-0.15, -0.1) is 6.42 Å². The lowest BCUT2D eigenvalue weighted by atomic mass is 9.74. The van der Waals surface area contributed by atoms with Crippen LogP contribution >= 0.6 is 0 Å². The molecular formula is C21H15NO2. The number of nitrogens with one attached hydrogen (secondary N) is 1. The number of hydrogen-bond acceptors (Lipinski definition) is 3. The number of fused-ring (bicyclic) bond motifs is 3. The second-order valence-electron chi connectivity index (χ2n) is 6.13. The maximum absolute atomic E-state index is 13.0. The largest absolute Gasteiger partial charge is 0.377 e. The Morgan fingerprint density at radius 1 is 1.17 bits per heavy atom. The van der Waals surface area contributed by atoms with Gasteiger partial charge in [-0.1, -0.05) is 42.3 Å². The summed E-state index contributed by atoms with van der Waals surface area (Å²) in [6.07, 6.45) is 12.6. The molecule has 0 radical (unpaired) electrons. The van der Waals surface area contributed by atoms with Crippen molar-refractivity contribution in [2.45, 2.75) is 13.0 Å². The first kappa shape index (κ1) is 14.5.